The molecule has 1 aliphatic rings. The van der Waals surface area contributed by atoms with Gasteiger partial charge in [0.1, 0.15) is 11.4 Å². The number of hydrogen-bond donors (Lipinski definition) is 0. The van der Waals surface area contributed by atoms with Gasteiger partial charge in [0.15, 0.2) is 0 Å². The van der Waals surface area contributed by atoms with Gasteiger partial charge in [-0.2, -0.15) is 0 Å². The van der Waals surface area contributed by atoms with E-state index in [4.69, 9.17) is 4.74 Å². The summed E-state index contributed by atoms with van der Waals surface area (Å²) in [5.74, 6) is 0.0118. The fraction of sp³-hybridized carbons (Fsp3) is 0.103. The van der Waals surface area contributed by atoms with Crippen molar-refractivity contribution >= 4 is 39.5 Å². The molecule has 0 saturated heterocycles. The molecule has 0 saturated carbocycles. The molecule has 168 valence electrons. The summed E-state index contributed by atoms with van der Waals surface area (Å²) in [6, 6.07) is 30.4. The highest BCUT2D eigenvalue weighted by Gasteiger charge is 2.43. The number of fused-ring (bicyclic) bond motifs is 1. The summed E-state index contributed by atoms with van der Waals surface area (Å²) in [6.45, 7) is 2.51. The van der Waals surface area contributed by atoms with E-state index in [0.717, 1.165) is 16.5 Å². The molecule has 4 aromatic carbocycles. The zero-order chi connectivity index (χ0) is 23.7. The summed E-state index contributed by atoms with van der Waals surface area (Å²) in [5.41, 5.74) is 2.86. The topological polar surface area (TPSA) is 49.9 Å². The Kier molecular flexibility index (Phi) is 5.60. The maximum Gasteiger partial charge on any atom is 0.282 e. The van der Waals surface area contributed by atoms with Gasteiger partial charge in [-0.25, -0.2) is 4.90 Å². The van der Waals surface area contributed by atoms with E-state index in [0.29, 0.717) is 34.8 Å². The van der Waals surface area contributed by atoms with Crippen molar-refractivity contribution < 1.29 is 14.3 Å². The molecular weight excluding hydrogens is 424 g/mol. The lowest BCUT2D eigenvalue weighted by molar-refractivity contribution is -0.120. The van der Waals surface area contributed by atoms with Crippen LogP contribution in [0.2, 0.25) is 0 Å². The van der Waals surface area contributed by atoms with Crippen molar-refractivity contribution in [3.63, 3.8) is 0 Å². The predicted octanol–water partition coefficient (Wildman–Crippen LogP) is 5.66. The number of methoxy groups -OCH3 is 1. The molecule has 4 aromatic rings. The van der Waals surface area contributed by atoms with Crippen LogP contribution in [0, 0.1) is 0 Å². The minimum Gasteiger partial charge on any atom is -0.497 e. The highest BCUT2D eigenvalue weighted by atomic mass is 16.5. The molecule has 0 aromatic heterocycles. The van der Waals surface area contributed by atoms with Crippen LogP contribution in [0.5, 0.6) is 5.75 Å². The average molecular weight is 449 g/mol. The first-order chi connectivity index (χ1) is 16.6. The number of likely N-dealkylation sites (N-methyl/N-ethyl adjacent to an activating group) is 1. The van der Waals surface area contributed by atoms with Crippen LogP contribution in [0.15, 0.2) is 103 Å². The second-order valence-corrected chi connectivity index (χ2v) is 7.98. The van der Waals surface area contributed by atoms with Crippen LogP contribution in [0.25, 0.3) is 16.3 Å². The van der Waals surface area contributed by atoms with Gasteiger partial charge in [-0.1, -0.05) is 66.7 Å². The zero-order valence-corrected chi connectivity index (χ0v) is 19.1. The fourth-order valence-corrected chi connectivity index (χ4v) is 4.49. The summed E-state index contributed by atoms with van der Waals surface area (Å²) in [6.07, 6.45) is 0. The van der Waals surface area contributed by atoms with Crippen molar-refractivity contribution in [3.8, 4) is 5.75 Å². The van der Waals surface area contributed by atoms with E-state index in [1.54, 1.807) is 19.2 Å². The quantitative estimate of drug-likeness (QED) is 0.357. The van der Waals surface area contributed by atoms with Crippen LogP contribution in [0.4, 0.5) is 11.4 Å². The van der Waals surface area contributed by atoms with Crippen molar-refractivity contribution in [2.24, 2.45) is 0 Å². The van der Waals surface area contributed by atoms with Crippen molar-refractivity contribution in [3.05, 3.63) is 108 Å². The van der Waals surface area contributed by atoms with Gasteiger partial charge in [-0.3, -0.25) is 9.59 Å². The number of rotatable bonds is 6. The SMILES string of the molecule is CCN(C1=C(c2ccc(OC)cc2)C(=O)N(c2cccc3ccccc23)C1=O)c1ccccc1. The molecule has 1 heterocycles. The second kappa shape index (κ2) is 8.87. The number of hydrogen-bond acceptors (Lipinski definition) is 4. The number of imide groups is 1. The lowest BCUT2D eigenvalue weighted by Gasteiger charge is -2.25. The Morgan fingerprint density at radius 1 is 0.765 bits per heavy atom. The molecule has 5 nitrogen and oxygen atoms in total. The highest BCUT2D eigenvalue weighted by molar-refractivity contribution is 6.47. The Morgan fingerprint density at radius 2 is 1.44 bits per heavy atom. The first-order valence-electron chi connectivity index (χ1n) is 11.2. The fourth-order valence-electron chi connectivity index (χ4n) is 4.49. The maximum atomic E-state index is 14.0. The molecule has 5 rings (SSSR count). The Balaban J connectivity index is 1.72. The van der Waals surface area contributed by atoms with Gasteiger partial charge >= 0.3 is 0 Å². The Hall–Kier alpha value is -4.38. The first kappa shape index (κ1) is 21.5. The van der Waals surface area contributed by atoms with Gasteiger partial charge in [0.05, 0.1) is 18.4 Å². The number of anilines is 2. The van der Waals surface area contributed by atoms with Gasteiger partial charge in [-0.05, 0) is 48.2 Å². The lowest BCUT2D eigenvalue weighted by Crippen LogP contribution is -2.35. The van der Waals surface area contributed by atoms with E-state index < -0.39 is 0 Å². The zero-order valence-electron chi connectivity index (χ0n) is 19.1. The molecule has 0 unspecified atom stereocenters. The van der Waals surface area contributed by atoms with Crippen LogP contribution in [-0.2, 0) is 9.59 Å². The number of para-hydroxylation sites is 1. The summed E-state index contributed by atoms with van der Waals surface area (Å²) in [4.78, 5) is 31.2. The summed E-state index contributed by atoms with van der Waals surface area (Å²) >= 11 is 0. The molecule has 0 radical (unpaired) electrons. The average Bonchev–Trinajstić information content (AvgIpc) is 3.14. The first-order valence-corrected chi connectivity index (χ1v) is 11.2. The molecule has 1 aliphatic heterocycles. The molecule has 0 N–H and O–H groups in total. The number of carbonyl (C=O) groups excluding carboxylic acids is 2. The number of carbonyl (C=O) groups is 2. The summed E-state index contributed by atoms with van der Waals surface area (Å²) in [7, 11) is 1.60. The van der Waals surface area contributed by atoms with E-state index in [1.165, 1.54) is 4.90 Å². The number of nitrogens with zero attached hydrogens (tertiary/aromatic N) is 2. The third-order valence-electron chi connectivity index (χ3n) is 6.10. The second-order valence-electron chi connectivity index (χ2n) is 7.98. The van der Waals surface area contributed by atoms with Gasteiger partial charge in [0, 0.05) is 17.6 Å². The number of benzene rings is 4. The standard InChI is InChI=1S/C29H24N2O3/c1-3-30(22-12-5-4-6-13-22)27-26(21-16-18-23(34-2)19-17-21)28(32)31(29(27)33)25-15-9-11-20-10-7-8-14-24(20)25/h4-19H,3H2,1-2H3. The minimum atomic E-state index is -0.337. The monoisotopic (exact) mass is 448 g/mol. The third-order valence-corrected chi connectivity index (χ3v) is 6.10. The molecule has 2 amide bonds. The van der Waals surface area contributed by atoms with Gasteiger partial charge in [-0.15, -0.1) is 0 Å². The van der Waals surface area contributed by atoms with Crippen molar-refractivity contribution in [1.82, 2.24) is 0 Å². The van der Waals surface area contributed by atoms with Gasteiger partial charge in [0.2, 0.25) is 0 Å². The van der Waals surface area contributed by atoms with Crippen LogP contribution >= 0.6 is 0 Å². The van der Waals surface area contributed by atoms with E-state index in [9.17, 15) is 9.59 Å². The van der Waals surface area contributed by atoms with Crippen molar-refractivity contribution in [1.29, 1.82) is 0 Å². The molecular formula is C29H24N2O3. The predicted molar refractivity (Wildman–Crippen MR) is 136 cm³/mol. The van der Waals surface area contributed by atoms with E-state index in [-0.39, 0.29) is 11.8 Å². The Labute approximate surface area is 198 Å². The molecule has 0 bridgehead atoms. The highest BCUT2D eigenvalue weighted by Crippen LogP contribution is 2.39. The molecule has 0 fully saturated rings. The van der Waals surface area contributed by atoms with E-state index in [2.05, 4.69) is 0 Å². The van der Waals surface area contributed by atoms with Crippen LogP contribution in [0.1, 0.15) is 12.5 Å². The lowest BCUT2D eigenvalue weighted by atomic mass is 10.0. The Bertz CT molecular complexity index is 1400. The normalized spacial score (nSPS) is 13.6. The molecule has 34 heavy (non-hydrogen) atoms. The number of ether oxygens (including phenoxy) is 1. The van der Waals surface area contributed by atoms with Crippen molar-refractivity contribution in [2.75, 3.05) is 23.5 Å². The van der Waals surface area contributed by atoms with Crippen LogP contribution in [0.3, 0.4) is 0 Å². The molecule has 0 aliphatic carbocycles. The maximum absolute atomic E-state index is 14.0. The summed E-state index contributed by atoms with van der Waals surface area (Å²) < 4.78 is 5.29. The van der Waals surface area contributed by atoms with Gasteiger partial charge < -0.3 is 9.64 Å². The largest absolute Gasteiger partial charge is 0.497 e. The third kappa shape index (κ3) is 3.52. The molecule has 0 atom stereocenters. The Morgan fingerprint density at radius 3 is 2.15 bits per heavy atom. The smallest absolute Gasteiger partial charge is 0.282 e. The molecule has 0 spiro atoms. The summed E-state index contributed by atoms with van der Waals surface area (Å²) in [5, 5.41) is 1.82. The van der Waals surface area contributed by atoms with Crippen LogP contribution in [-0.4, -0.2) is 25.5 Å². The van der Waals surface area contributed by atoms with E-state index in [1.807, 2.05) is 96.8 Å². The number of amides is 2. The van der Waals surface area contributed by atoms with E-state index >= 15 is 0 Å². The van der Waals surface area contributed by atoms with Crippen LogP contribution < -0.4 is 14.5 Å². The van der Waals surface area contributed by atoms with Gasteiger partial charge in [0.25, 0.3) is 11.8 Å². The van der Waals surface area contributed by atoms with Crippen molar-refractivity contribution in [2.45, 2.75) is 6.92 Å². The minimum absolute atomic E-state index is 0.335. The molecule has 5 heteroatoms.